The first-order valence-corrected chi connectivity index (χ1v) is 12.4. The van der Waals surface area contributed by atoms with Gasteiger partial charge in [-0.25, -0.2) is 4.68 Å². The highest BCUT2D eigenvalue weighted by Gasteiger charge is 2.33. The van der Waals surface area contributed by atoms with Gasteiger partial charge >= 0.3 is 0 Å². The van der Waals surface area contributed by atoms with Gasteiger partial charge in [0.1, 0.15) is 0 Å². The Morgan fingerprint density at radius 2 is 1.50 bits per heavy atom. The Hall–Kier alpha value is -4.51. The molecule has 0 fully saturated rings. The fourth-order valence-corrected chi connectivity index (χ4v) is 4.75. The third kappa shape index (κ3) is 4.20. The Bertz CT molecular complexity index is 1470. The number of aromatic nitrogens is 3. The summed E-state index contributed by atoms with van der Waals surface area (Å²) in [5, 5.41) is 12.3. The van der Waals surface area contributed by atoms with Crippen LogP contribution in [0, 0.1) is 0 Å². The highest BCUT2D eigenvalue weighted by molar-refractivity contribution is 6.03. The van der Waals surface area contributed by atoms with Crippen LogP contribution in [0.15, 0.2) is 121 Å². The Morgan fingerprint density at radius 3 is 2.17 bits per heavy atom. The molecule has 5 nitrogen and oxygen atoms in total. The van der Waals surface area contributed by atoms with E-state index in [0.29, 0.717) is 0 Å². The molecule has 5 heteroatoms. The van der Waals surface area contributed by atoms with Crippen molar-refractivity contribution < 1.29 is 0 Å². The zero-order valence-electron chi connectivity index (χ0n) is 20.2. The molecule has 0 N–H and O–H groups in total. The van der Waals surface area contributed by atoms with Crippen molar-refractivity contribution in [2.24, 2.45) is 5.10 Å². The molecule has 0 aliphatic carbocycles. The van der Waals surface area contributed by atoms with Crippen LogP contribution in [0.1, 0.15) is 36.1 Å². The zero-order valence-corrected chi connectivity index (χ0v) is 20.2. The molecule has 3 aromatic carbocycles. The standard InChI is InChI=1S/C31H27N5/c1-2-23-15-17-24(18-16-23)29-20-30(36(33-29)27-13-7-4-8-14-27)28-22-35(26-11-5-3-6-12-26)34-31(28)25-10-9-19-32-21-25/h3-19,21-22,30H,2,20H2,1H3/t30-/m0/s1. The van der Waals surface area contributed by atoms with E-state index in [1.165, 1.54) is 5.56 Å². The summed E-state index contributed by atoms with van der Waals surface area (Å²) in [5.74, 6) is 0. The van der Waals surface area contributed by atoms with E-state index in [0.717, 1.165) is 52.3 Å². The number of aryl methyl sites for hydroxylation is 1. The molecule has 0 bridgehead atoms. The minimum absolute atomic E-state index is 0.000852. The molecule has 0 unspecified atom stereocenters. The molecule has 1 aliphatic rings. The highest BCUT2D eigenvalue weighted by atomic mass is 15.5. The van der Waals surface area contributed by atoms with E-state index in [-0.39, 0.29) is 6.04 Å². The van der Waals surface area contributed by atoms with Crippen LogP contribution >= 0.6 is 0 Å². The van der Waals surface area contributed by atoms with Gasteiger partial charge in [0.25, 0.3) is 0 Å². The molecule has 1 atom stereocenters. The van der Waals surface area contributed by atoms with Gasteiger partial charge in [-0.2, -0.15) is 10.2 Å². The van der Waals surface area contributed by atoms with Crippen molar-refractivity contribution >= 4 is 11.4 Å². The van der Waals surface area contributed by atoms with Gasteiger partial charge in [0, 0.05) is 36.1 Å². The average molecular weight is 470 g/mol. The molecule has 0 spiro atoms. The van der Waals surface area contributed by atoms with Crippen molar-refractivity contribution in [3.05, 3.63) is 132 Å². The van der Waals surface area contributed by atoms with Crippen molar-refractivity contribution in [3.8, 4) is 16.9 Å². The summed E-state index contributed by atoms with van der Waals surface area (Å²) in [5.41, 5.74) is 8.70. The maximum absolute atomic E-state index is 5.16. The fourth-order valence-electron chi connectivity index (χ4n) is 4.75. The van der Waals surface area contributed by atoms with Gasteiger partial charge in [0.2, 0.25) is 0 Å². The number of hydrogen-bond acceptors (Lipinski definition) is 4. The molecule has 2 aromatic heterocycles. The number of benzene rings is 3. The molecule has 36 heavy (non-hydrogen) atoms. The van der Waals surface area contributed by atoms with Crippen LogP contribution in [0.5, 0.6) is 0 Å². The Kier molecular flexibility index (Phi) is 5.88. The van der Waals surface area contributed by atoms with E-state index in [4.69, 9.17) is 10.2 Å². The Labute approximate surface area is 211 Å². The summed E-state index contributed by atoms with van der Waals surface area (Å²) >= 11 is 0. The highest BCUT2D eigenvalue weighted by Crippen LogP contribution is 2.40. The third-order valence-corrected chi connectivity index (χ3v) is 6.68. The van der Waals surface area contributed by atoms with Gasteiger partial charge in [0.15, 0.2) is 0 Å². The first-order valence-electron chi connectivity index (χ1n) is 12.4. The molecular weight excluding hydrogens is 442 g/mol. The lowest BCUT2D eigenvalue weighted by atomic mass is 9.96. The van der Waals surface area contributed by atoms with Crippen molar-refractivity contribution in [2.45, 2.75) is 25.8 Å². The van der Waals surface area contributed by atoms with Gasteiger partial charge in [-0.3, -0.25) is 9.99 Å². The number of para-hydroxylation sites is 2. The number of hydrazone groups is 1. The molecule has 0 radical (unpaired) electrons. The second-order valence-corrected chi connectivity index (χ2v) is 8.95. The van der Waals surface area contributed by atoms with E-state index in [1.54, 1.807) is 6.20 Å². The second kappa shape index (κ2) is 9.62. The minimum Gasteiger partial charge on any atom is -0.264 e. The van der Waals surface area contributed by atoms with E-state index < -0.39 is 0 Å². The molecule has 6 rings (SSSR count). The van der Waals surface area contributed by atoms with Crippen molar-refractivity contribution in [1.29, 1.82) is 0 Å². The summed E-state index contributed by atoms with van der Waals surface area (Å²) in [7, 11) is 0. The average Bonchev–Trinajstić information content (AvgIpc) is 3.60. The smallest absolute Gasteiger partial charge is 0.0996 e. The van der Waals surface area contributed by atoms with Crippen LogP contribution in [-0.2, 0) is 6.42 Å². The minimum atomic E-state index is 0.000852. The summed E-state index contributed by atoms with van der Waals surface area (Å²) in [6, 6.07) is 33.5. The molecule has 3 heterocycles. The van der Waals surface area contributed by atoms with Gasteiger partial charge in [-0.05, 0) is 53.9 Å². The predicted molar refractivity (Wildman–Crippen MR) is 145 cm³/mol. The first kappa shape index (κ1) is 22.0. The summed E-state index contributed by atoms with van der Waals surface area (Å²) < 4.78 is 1.97. The van der Waals surface area contributed by atoms with Crippen LogP contribution in [0.3, 0.4) is 0 Å². The lowest BCUT2D eigenvalue weighted by Gasteiger charge is -2.23. The summed E-state index contributed by atoms with van der Waals surface area (Å²) in [6.07, 6.45) is 7.64. The molecule has 5 aromatic rings. The molecule has 0 saturated carbocycles. The Morgan fingerprint density at radius 1 is 0.778 bits per heavy atom. The molecular formula is C31H27N5. The Balaban J connectivity index is 1.47. The maximum Gasteiger partial charge on any atom is 0.0996 e. The third-order valence-electron chi connectivity index (χ3n) is 6.68. The van der Waals surface area contributed by atoms with Crippen molar-refractivity contribution in [1.82, 2.24) is 14.8 Å². The molecule has 176 valence electrons. The number of anilines is 1. The van der Waals surface area contributed by atoms with E-state index in [1.807, 2.05) is 41.2 Å². The van der Waals surface area contributed by atoms with E-state index in [9.17, 15) is 0 Å². The number of pyridine rings is 1. The lowest BCUT2D eigenvalue weighted by Crippen LogP contribution is -2.18. The number of nitrogens with zero attached hydrogens (tertiary/aromatic N) is 5. The normalized spacial score (nSPS) is 15.2. The summed E-state index contributed by atoms with van der Waals surface area (Å²) in [6.45, 7) is 2.18. The van der Waals surface area contributed by atoms with Crippen molar-refractivity contribution in [3.63, 3.8) is 0 Å². The molecule has 1 aliphatic heterocycles. The van der Waals surface area contributed by atoms with Crippen LogP contribution in [0.25, 0.3) is 16.9 Å². The van der Waals surface area contributed by atoms with Crippen LogP contribution < -0.4 is 5.01 Å². The fraction of sp³-hybridized carbons (Fsp3) is 0.129. The summed E-state index contributed by atoms with van der Waals surface area (Å²) in [4.78, 5) is 4.38. The zero-order chi connectivity index (χ0) is 24.3. The van der Waals surface area contributed by atoms with Crippen LogP contribution in [-0.4, -0.2) is 20.5 Å². The van der Waals surface area contributed by atoms with Crippen LogP contribution in [0.2, 0.25) is 0 Å². The topological polar surface area (TPSA) is 46.3 Å². The largest absolute Gasteiger partial charge is 0.264 e. The van der Waals surface area contributed by atoms with Gasteiger partial charge < -0.3 is 0 Å². The van der Waals surface area contributed by atoms with E-state index >= 15 is 0 Å². The van der Waals surface area contributed by atoms with Gasteiger partial charge in [-0.15, -0.1) is 0 Å². The number of hydrogen-bond donors (Lipinski definition) is 0. The van der Waals surface area contributed by atoms with Crippen LogP contribution in [0.4, 0.5) is 5.69 Å². The van der Waals surface area contributed by atoms with Gasteiger partial charge in [0.05, 0.1) is 28.8 Å². The first-order chi connectivity index (χ1) is 17.8. The van der Waals surface area contributed by atoms with E-state index in [2.05, 4.69) is 89.8 Å². The quantitative estimate of drug-likeness (QED) is 0.273. The van der Waals surface area contributed by atoms with Gasteiger partial charge in [-0.1, -0.05) is 67.6 Å². The monoisotopic (exact) mass is 469 g/mol. The number of rotatable bonds is 6. The molecule has 0 amide bonds. The SMILES string of the molecule is CCc1ccc(C2=NN(c3ccccc3)[C@H](c3cn(-c4ccccc4)nc3-c3cccnc3)C2)cc1. The lowest BCUT2D eigenvalue weighted by molar-refractivity contribution is 0.709. The maximum atomic E-state index is 5.16. The molecule has 0 saturated heterocycles. The predicted octanol–water partition coefficient (Wildman–Crippen LogP) is 6.85. The second-order valence-electron chi connectivity index (χ2n) is 8.95. The van der Waals surface area contributed by atoms with Crippen molar-refractivity contribution in [2.75, 3.05) is 5.01 Å².